The summed E-state index contributed by atoms with van der Waals surface area (Å²) in [5.74, 6) is 1.36. The molecule has 2 rings (SSSR count). The van der Waals surface area contributed by atoms with E-state index in [1.165, 1.54) is 0 Å². The van der Waals surface area contributed by atoms with Crippen LogP contribution in [0.3, 0.4) is 0 Å². The molecule has 4 heteroatoms. The molecule has 0 heterocycles. The van der Waals surface area contributed by atoms with Gasteiger partial charge in [0.05, 0.1) is 12.2 Å². The SMILES string of the molecule is CC(C)Oc1ccccc1C(O)CSc1ccc(Br)cc1. The number of para-hydroxylation sites is 1. The predicted molar refractivity (Wildman–Crippen MR) is 92.0 cm³/mol. The minimum absolute atomic E-state index is 0.0949. The van der Waals surface area contributed by atoms with Gasteiger partial charge in [-0.25, -0.2) is 0 Å². The lowest BCUT2D eigenvalue weighted by Crippen LogP contribution is -2.10. The Hall–Kier alpha value is -0.970. The Morgan fingerprint density at radius 2 is 1.76 bits per heavy atom. The Morgan fingerprint density at radius 1 is 1.10 bits per heavy atom. The van der Waals surface area contributed by atoms with Gasteiger partial charge in [0, 0.05) is 20.7 Å². The van der Waals surface area contributed by atoms with Crippen LogP contribution in [-0.2, 0) is 0 Å². The molecule has 0 aliphatic heterocycles. The predicted octanol–water partition coefficient (Wildman–Crippen LogP) is 5.06. The highest BCUT2D eigenvalue weighted by Crippen LogP contribution is 2.31. The van der Waals surface area contributed by atoms with Gasteiger partial charge in [0.1, 0.15) is 5.75 Å². The summed E-state index contributed by atoms with van der Waals surface area (Å²) < 4.78 is 6.82. The van der Waals surface area contributed by atoms with Crippen LogP contribution in [0, 0.1) is 0 Å². The summed E-state index contributed by atoms with van der Waals surface area (Å²) in [6.07, 6.45) is -0.453. The molecule has 21 heavy (non-hydrogen) atoms. The Bertz CT molecular complexity index is 569. The van der Waals surface area contributed by atoms with Crippen LogP contribution in [-0.4, -0.2) is 17.0 Å². The Morgan fingerprint density at radius 3 is 2.43 bits per heavy atom. The third kappa shape index (κ3) is 5.06. The molecule has 2 aromatic carbocycles. The van der Waals surface area contributed by atoms with E-state index >= 15 is 0 Å². The lowest BCUT2D eigenvalue weighted by Gasteiger charge is -2.17. The number of hydrogen-bond acceptors (Lipinski definition) is 3. The molecule has 2 nitrogen and oxygen atoms in total. The van der Waals surface area contributed by atoms with Gasteiger partial charge in [-0.05, 0) is 44.2 Å². The molecule has 0 aliphatic rings. The van der Waals surface area contributed by atoms with E-state index in [0.717, 1.165) is 20.7 Å². The monoisotopic (exact) mass is 366 g/mol. The van der Waals surface area contributed by atoms with E-state index in [1.807, 2.05) is 62.4 Å². The molecule has 2 aromatic rings. The van der Waals surface area contributed by atoms with Crippen molar-refractivity contribution < 1.29 is 9.84 Å². The van der Waals surface area contributed by atoms with Crippen molar-refractivity contribution in [2.24, 2.45) is 0 Å². The molecule has 1 N–H and O–H groups in total. The molecule has 0 aliphatic carbocycles. The minimum Gasteiger partial charge on any atom is -0.491 e. The number of benzene rings is 2. The Labute approximate surface area is 138 Å². The van der Waals surface area contributed by atoms with Gasteiger partial charge in [-0.3, -0.25) is 0 Å². The second-order valence-electron chi connectivity index (χ2n) is 4.99. The first-order valence-electron chi connectivity index (χ1n) is 6.88. The molecule has 1 unspecified atom stereocenters. The Kier molecular flexibility index (Phi) is 6.15. The summed E-state index contributed by atoms with van der Waals surface area (Å²) in [4.78, 5) is 1.14. The fraction of sp³-hybridized carbons (Fsp3) is 0.294. The summed E-state index contributed by atoms with van der Waals surface area (Å²) in [6, 6.07) is 15.8. The Balaban J connectivity index is 2.03. The number of rotatable bonds is 6. The summed E-state index contributed by atoms with van der Waals surface area (Å²) in [5.41, 5.74) is 0.843. The summed E-state index contributed by atoms with van der Waals surface area (Å²) in [7, 11) is 0. The second kappa shape index (κ2) is 7.87. The van der Waals surface area contributed by atoms with Crippen LogP contribution in [0.1, 0.15) is 25.5 Å². The van der Waals surface area contributed by atoms with Crippen LogP contribution in [0.5, 0.6) is 5.75 Å². The molecule has 0 bridgehead atoms. The fourth-order valence-corrected chi connectivity index (χ4v) is 3.04. The van der Waals surface area contributed by atoms with E-state index in [1.54, 1.807) is 11.8 Å². The molecule has 0 radical (unpaired) electrons. The number of halogens is 1. The van der Waals surface area contributed by atoms with Crippen molar-refractivity contribution in [2.45, 2.75) is 31.0 Å². The zero-order chi connectivity index (χ0) is 15.2. The van der Waals surface area contributed by atoms with Crippen molar-refractivity contribution in [2.75, 3.05) is 5.75 Å². The van der Waals surface area contributed by atoms with Crippen molar-refractivity contribution >= 4 is 27.7 Å². The normalized spacial score (nSPS) is 12.4. The van der Waals surface area contributed by atoms with Crippen LogP contribution in [0.15, 0.2) is 57.9 Å². The molecular weight excluding hydrogens is 348 g/mol. The average Bonchev–Trinajstić information content (AvgIpc) is 2.46. The zero-order valence-electron chi connectivity index (χ0n) is 12.1. The van der Waals surface area contributed by atoms with Crippen molar-refractivity contribution in [3.05, 3.63) is 58.6 Å². The van der Waals surface area contributed by atoms with E-state index in [9.17, 15) is 5.11 Å². The van der Waals surface area contributed by atoms with Crippen molar-refractivity contribution in [3.63, 3.8) is 0 Å². The molecular formula is C17H19BrO2S. The molecule has 0 saturated heterocycles. The highest BCUT2D eigenvalue weighted by Gasteiger charge is 2.14. The number of aliphatic hydroxyl groups excluding tert-OH is 1. The smallest absolute Gasteiger partial charge is 0.125 e. The highest BCUT2D eigenvalue weighted by molar-refractivity contribution is 9.10. The molecule has 0 saturated carbocycles. The molecule has 0 fully saturated rings. The molecule has 1 atom stereocenters. The first-order chi connectivity index (χ1) is 10.1. The van der Waals surface area contributed by atoms with Gasteiger partial charge in [-0.2, -0.15) is 0 Å². The number of hydrogen-bond donors (Lipinski definition) is 1. The molecule has 0 amide bonds. The average molecular weight is 367 g/mol. The first kappa shape index (κ1) is 16.4. The van der Waals surface area contributed by atoms with Crippen molar-refractivity contribution in [1.82, 2.24) is 0 Å². The molecule has 0 spiro atoms. The maximum Gasteiger partial charge on any atom is 0.125 e. The van der Waals surface area contributed by atoms with E-state index in [0.29, 0.717) is 5.75 Å². The summed E-state index contributed by atoms with van der Waals surface area (Å²) in [6.45, 7) is 3.97. The van der Waals surface area contributed by atoms with Crippen LogP contribution >= 0.6 is 27.7 Å². The van der Waals surface area contributed by atoms with Gasteiger partial charge in [0.15, 0.2) is 0 Å². The van der Waals surface area contributed by atoms with Gasteiger partial charge in [0.2, 0.25) is 0 Å². The number of aliphatic hydroxyl groups is 1. The lowest BCUT2D eigenvalue weighted by atomic mass is 10.1. The van der Waals surface area contributed by atoms with E-state index in [4.69, 9.17) is 4.74 Å². The molecule has 112 valence electrons. The van der Waals surface area contributed by atoms with Gasteiger partial charge in [-0.1, -0.05) is 34.1 Å². The maximum absolute atomic E-state index is 10.4. The van der Waals surface area contributed by atoms with Crippen molar-refractivity contribution in [1.29, 1.82) is 0 Å². The van der Waals surface area contributed by atoms with Gasteiger partial charge in [0.25, 0.3) is 0 Å². The largest absolute Gasteiger partial charge is 0.491 e. The third-order valence-electron chi connectivity index (χ3n) is 2.86. The van der Waals surface area contributed by atoms with E-state index < -0.39 is 6.10 Å². The van der Waals surface area contributed by atoms with Gasteiger partial charge in [-0.15, -0.1) is 11.8 Å². The quantitative estimate of drug-likeness (QED) is 0.724. The topological polar surface area (TPSA) is 29.5 Å². The van der Waals surface area contributed by atoms with Crippen LogP contribution in [0.25, 0.3) is 0 Å². The highest BCUT2D eigenvalue weighted by atomic mass is 79.9. The minimum atomic E-state index is -0.548. The fourth-order valence-electron chi connectivity index (χ4n) is 1.91. The zero-order valence-corrected chi connectivity index (χ0v) is 14.5. The first-order valence-corrected chi connectivity index (χ1v) is 8.66. The summed E-state index contributed by atoms with van der Waals surface area (Å²) in [5, 5.41) is 10.4. The van der Waals surface area contributed by atoms with E-state index in [2.05, 4.69) is 15.9 Å². The van der Waals surface area contributed by atoms with Gasteiger partial charge >= 0.3 is 0 Å². The number of ether oxygens (including phenoxy) is 1. The third-order valence-corrected chi connectivity index (χ3v) is 4.48. The van der Waals surface area contributed by atoms with Crippen molar-refractivity contribution in [3.8, 4) is 5.75 Å². The van der Waals surface area contributed by atoms with E-state index in [-0.39, 0.29) is 6.10 Å². The second-order valence-corrected chi connectivity index (χ2v) is 6.99. The summed E-state index contributed by atoms with van der Waals surface area (Å²) >= 11 is 5.05. The van der Waals surface area contributed by atoms with Gasteiger partial charge < -0.3 is 9.84 Å². The molecule has 0 aromatic heterocycles. The van der Waals surface area contributed by atoms with Crippen LogP contribution in [0.4, 0.5) is 0 Å². The lowest BCUT2D eigenvalue weighted by molar-refractivity contribution is 0.186. The van der Waals surface area contributed by atoms with Crippen LogP contribution in [0.2, 0.25) is 0 Å². The van der Waals surface area contributed by atoms with Crippen LogP contribution < -0.4 is 4.74 Å². The standard InChI is InChI=1S/C17H19BrO2S/c1-12(2)20-17-6-4-3-5-15(17)16(19)11-21-14-9-7-13(18)8-10-14/h3-10,12,16,19H,11H2,1-2H3. The maximum atomic E-state index is 10.4. The number of thioether (sulfide) groups is 1.